The van der Waals surface area contributed by atoms with Crippen molar-refractivity contribution in [1.82, 2.24) is 0 Å². The van der Waals surface area contributed by atoms with Gasteiger partial charge in [-0.1, -0.05) is 55.9 Å². The fraction of sp³-hybridized carbons (Fsp3) is 0.440. The standard InChI is InChI=1S/C25H30O/c1-3-5-20-6-8-21(9-7-20)10-11-22-12-14-23(15-13-22)24-16-18-25(19-17-24)26-4-2/h12-21H,3-9H2,1-2H3. The molecule has 1 aliphatic carbocycles. The highest BCUT2D eigenvalue weighted by molar-refractivity contribution is 5.65. The van der Waals surface area contributed by atoms with E-state index in [0.717, 1.165) is 17.2 Å². The second-order valence-corrected chi connectivity index (χ2v) is 7.31. The van der Waals surface area contributed by atoms with Crippen LogP contribution in [0.4, 0.5) is 0 Å². The summed E-state index contributed by atoms with van der Waals surface area (Å²) in [4.78, 5) is 0. The summed E-state index contributed by atoms with van der Waals surface area (Å²) < 4.78 is 5.51. The van der Waals surface area contributed by atoms with Gasteiger partial charge in [0.05, 0.1) is 6.61 Å². The summed E-state index contributed by atoms with van der Waals surface area (Å²) in [5, 5.41) is 0. The highest BCUT2D eigenvalue weighted by Crippen LogP contribution is 2.31. The van der Waals surface area contributed by atoms with Crippen LogP contribution in [-0.4, -0.2) is 6.61 Å². The smallest absolute Gasteiger partial charge is 0.119 e. The van der Waals surface area contributed by atoms with E-state index in [4.69, 9.17) is 4.74 Å². The summed E-state index contributed by atoms with van der Waals surface area (Å²) in [6.07, 6.45) is 8.01. The fourth-order valence-electron chi connectivity index (χ4n) is 3.85. The van der Waals surface area contributed by atoms with Crippen LogP contribution in [0, 0.1) is 23.7 Å². The average molecular weight is 347 g/mol. The minimum atomic E-state index is 0.592. The van der Waals surface area contributed by atoms with E-state index in [1.165, 1.54) is 49.7 Å². The summed E-state index contributed by atoms with van der Waals surface area (Å²) in [6.45, 7) is 5.00. The summed E-state index contributed by atoms with van der Waals surface area (Å²) in [5.74, 6) is 9.38. The first-order valence-corrected chi connectivity index (χ1v) is 10.1. The van der Waals surface area contributed by atoms with E-state index < -0.39 is 0 Å². The molecule has 0 spiro atoms. The lowest BCUT2D eigenvalue weighted by Gasteiger charge is -2.25. The van der Waals surface area contributed by atoms with Gasteiger partial charge in [-0.05, 0) is 73.9 Å². The van der Waals surface area contributed by atoms with Crippen LogP contribution in [0.25, 0.3) is 11.1 Å². The van der Waals surface area contributed by atoms with Crippen molar-refractivity contribution in [3.8, 4) is 28.7 Å². The predicted octanol–water partition coefficient (Wildman–Crippen LogP) is 6.71. The molecule has 136 valence electrons. The van der Waals surface area contributed by atoms with E-state index in [-0.39, 0.29) is 0 Å². The molecule has 1 aliphatic rings. The third-order valence-electron chi connectivity index (χ3n) is 5.35. The number of hydrogen-bond acceptors (Lipinski definition) is 1. The molecule has 0 radical (unpaired) electrons. The van der Waals surface area contributed by atoms with Crippen molar-refractivity contribution in [2.45, 2.75) is 52.4 Å². The highest BCUT2D eigenvalue weighted by atomic mass is 16.5. The largest absolute Gasteiger partial charge is 0.494 e. The maximum atomic E-state index is 5.51. The van der Waals surface area contributed by atoms with E-state index in [9.17, 15) is 0 Å². The predicted molar refractivity (Wildman–Crippen MR) is 110 cm³/mol. The molecular formula is C25H30O. The zero-order valence-electron chi connectivity index (χ0n) is 16.1. The van der Waals surface area contributed by atoms with Gasteiger partial charge in [0.1, 0.15) is 5.75 Å². The van der Waals surface area contributed by atoms with Crippen molar-refractivity contribution < 1.29 is 4.74 Å². The van der Waals surface area contributed by atoms with E-state index >= 15 is 0 Å². The van der Waals surface area contributed by atoms with Gasteiger partial charge in [-0.2, -0.15) is 0 Å². The number of benzene rings is 2. The van der Waals surface area contributed by atoms with Gasteiger partial charge in [0, 0.05) is 11.5 Å². The van der Waals surface area contributed by atoms with E-state index in [2.05, 4.69) is 55.2 Å². The maximum absolute atomic E-state index is 5.51. The van der Waals surface area contributed by atoms with Gasteiger partial charge in [-0.25, -0.2) is 0 Å². The molecule has 1 nitrogen and oxygen atoms in total. The number of rotatable bonds is 5. The SMILES string of the molecule is CCCC1CCC(C#Cc2ccc(-c3ccc(OCC)cc3)cc2)CC1. The average Bonchev–Trinajstić information content (AvgIpc) is 2.69. The molecule has 0 bridgehead atoms. The van der Waals surface area contributed by atoms with Gasteiger partial charge < -0.3 is 4.74 Å². The second kappa shape index (κ2) is 9.48. The van der Waals surface area contributed by atoms with Crippen molar-refractivity contribution in [2.75, 3.05) is 6.61 Å². The van der Waals surface area contributed by atoms with Crippen molar-refractivity contribution in [1.29, 1.82) is 0 Å². The Morgan fingerprint density at radius 2 is 1.46 bits per heavy atom. The zero-order chi connectivity index (χ0) is 18.2. The maximum Gasteiger partial charge on any atom is 0.119 e. The van der Waals surface area contributed by atoms with Crippen LogP contribution in [0.15, 0.2) is 48.5 Å². The van der Waals surface area contributed by atoms with Crippen LogP contribution in [0.3, 0.4) is 0 Å². The number of hydrogen-bond donors (Lipinski definition) is 0. The van der Waals surface area contributed by atoms with Crippen LogP contribution in [0.1, 0.15) is 57.9 Å². The Morgan fingerprint density at radius 1 is 0.846 bits per heavy atom. The molecule has 0 N–H and O–H groups in total. The fourth-order valence-corrected chi connectivity index (χ4v) is 3.85. The molecule has 0 atom stereocenters. The van der Waals surface area contributed by atoms with Gasteiger partial charge in [-0.15, -0.1) is 0 Å². The Morgan fingerprint density at radius 3 is 2.04 bits per heavy atom. The quantitative estimate of drug-likeness (QED) is 0.547. The van der Waals surface area contributed by atoms with Crippen molar-refractivity contribution in [3.63, 3.8) is 0 Å². The minimum absolute atomic E-state index is 0.592. The Labute approximate surface area is 158 Å². The topological polar surface area (TPSA) is 9.23 Å². The van der Waals surface area contributed by atoms with Gasteiger partial charge in [0.2, 0.25) is 0 Å². The Kier molecular flexibility index (Phi) is 6.78. The second-order valence-electron chi connectivity index (χ2n) is 7.31. The molecule has 0 saturated heterocycles. The first-order valence-electron chi connectivity index (χ1n) is 10.1. The zero-order valence-corrected chi connectivity index (χ0v) is 16.1. The molecule has 0 aliphatic heterocycles. The number of ether oxygens (including phenoxy) is 1. The lowest BCUT2D eigenvalue weighted by molar-refractivity contribution is 0.300. The highest BCUT2D eigenvalue weighted by Gasteiger charge is 2.18. The van der Waals surface area contributed by atoms with Crippen molar-refractivity contribution in [2.24, 2.45) is 11.8 Å². The molecule has 1 heteroatoms. The molecule has 0 heterocycles. The Bertz CT molecular complexity index is 722. The van der Waals surface area contributed by atoms with Crippen LogP contribution in [0.2, 0.25) is 0 Å². The first-order chi connectivity index (χ1) is 12.8. The van der Waals surface area contributed by atoms with Crippen LogP contribution >= 0.6 is 0 Å². The molecule has 1 fully saturated rings. The van der Waals surface area contributed by atoms with Gasteiger partial charge >= 0.3 is 0 Å². The van der Waals surface area contributed by atoms with E-state index in [1.54, 1.807) is 0 Å². The van der Waals surface area contributed by atoms with Gasteiger partial charge in [0.15, 0.2) is 0 Å². The summed E-state index contributed by atoms with van der Waals surface area (Å²) in [5.41, 5.74) is 3.55. The molecule has 0 amide bonds. The van der Waals surface area contributed by atoms with E-state index in [1.807, 2.05) is 19.1 Å². The van der Waals surface area contributed by atoms with Gasteiger partial charge in [-0.3, -0.25) is 0 Å². The van der Waals surface area contributed by atoms with Crippen LogP contribution < -0.4 is 4.74 Å². The summed E-state index contributed by atoms with van der Waals surface area (Å²) in [6, 6.07) is 16.9. The molecule has 0 unspecified atom stereocenters. The monoisotopic (exact) mass is 346 g/mol. The molecule has 26 heavy (non-hydrogen) atoms. The Balaban J connectivity index is 1.58. The first kappa shape index (κ1) is 18.6. The van der Waals surface area contributed by atoms with Crippen LogP contribution in [0.5, 0.6) is 5.75 Å². The third-order valence-corrected chi connectivity index (χ3v) is 5.35. The molecule has 2 aromatic carbocycles. The summed E-state index contributed by atoms with van der Waals surface area (Å²) in [7, 11) is 0. The normalized spacial score (nSPS) is 19.5. The summed E-state index contributed by atoms with van der Waals surface area (Å²) >= 11 is 0. The van der Waals surface area contributed by atoms with Gasteiger partial charge in [0.25, 0.3) is 0 Å². The van der Waals surface area contributed by atoms with E-state index in [0.29, 0.717) is 12.5 Å². The lowest BCUT2D eigenvalue weighted by Crippen LogP contribution is -2.13. The molecular weight excluding hydrogens is 316 g/mol. The molecule has 2 aromatic rings. The Hall–Kier alpha value is -2.20. The van der Waals surface area contributed by atoms with Crippen molar-refractivity contribution in [3.05, 3.63) is 54.1 Å². The molecule has 0 aromatic heterocycles. The van der Waals surface area contributed by atoms with Crippen molar-refractivity contribution >= 4 is 0 Å². The third kappa shape index (κ3) is 5.15. The lowest BCUT2D eigenvalue weighted by atomic mass is 9.80. The molecule has 1 saturated carbocycles. The minimum Gasteiger partial charge on any atom is -0.494 e. The molecule has 3 rings (SSSR count). The van der Waals surface area contributed by atoms with Crippen LogP contribution in [-0.2, 0) is 0 Å².